The molecule has 0 aliphatic carbocycles. The molecule has 1 heterocycles. The lowest BCUT2D eigenvalue weighted by Gasteiger charge is -2.36. The van der Waals surface area contributed by atoms with E-state index in [1.165, 1.54) is 0 Å². The van der Waals surface area contributed by atoms with E-state index >= 15 is 0 Å². The molecule has 2 aromatic rings. The molecule has 1 aliphatic rings. The van der Waals surface area contributed by atoms with Gasteiger partial charge in [-0.2, -0.15) is 0 Å². The van der Waals surface area contributed by atoms with Gasteiger partial charge in [-0.1, -0.05) is 23.7 Å². The van der Waals surface area contributed by atoms with E-state index in [-0.39, 0.29) is 5.91 Å². The van der Waals surface area contributed by atoms with Gasteiger partial charge in [0.15, 0.2) is 0 Å². The van der Waals surface area contributed by atoms with Crippen molar-refractivity contribution in [2.24, 2.45) is 0 Å². The van der Waals surface area contributed by atoms with E-state index in [2.05, 4.69) is 4.90 Å². The van der Waals surface area contributed by atoms with Crippen LogP contribution in [0.15, 0.2) is 48.5 Å². The van der Waals surface area contributed by atoms with Crippen LogP contribution in [0.4, 0.5) is 11.4 Å². The van der Waals surface area contributed by atoms with Gasteiger partial charge in [-0.3, -0.25) is 4.79 Å². The second-order valence-corrected chi connectivity index (χ2v) is 6.20. The number of halogens is 1. The third kappa shape index (κ3) is 3.96. The third-order valence-corrected chi connectivity index (χ3v) is 4.38. The number of carbonyl (C=O) groups is 1. The molecule has 0 saturated carbocycles. The first-order valence-electron chi connectivity index (χ1n) is 7.74. The van der Waals surface area contributed by atoms with E-state index in [0.717, 1.165) is 42.5 Å². The molecule has 0 bridgehead atoms. The number of amides is 1. The van der Waals surface area contributed by atoms with Crippen LogP contribution in [0.1, 0.15) is 5.56 Å². The maximum atomic E-state index is 12.4. The fraction of sp³-hybridized carbons (Fsp3) is 0.278. The van der Waals surface area contributed by atoms with Crippen LogP contribution in [0, 0.1) is 0 Å². The Balaban J connectivity index is 1.56. The lowest BCUT2D eigenvalue weighted by atomic mass is 10.1. The average Bonchev–Trinajstić information content (AvgIpc) is 2.56. The van der Waals surface area contributed by atoms with Crippen molar-refractivity contribution < 1.29 is 4.79 Å². The molecule has 0 radical (unpaired) electrons. The maximum Gasteiger partial charge on any atom is 0.227 e. The van der Waals surface area contributed by atoms with Crippen molar-refractivity contribution in [3.63, 3.8) is 0 Å². The van der Waals surface area contributed by atoms with Gasteiger partial charge in [0.2, 0.25) is 5.91 Å². The van der Waals surface area contributed by atoms with Gasteiger partial charge in [-0.15, -0.1) is 0 Å². The number of nitrogens with zero attached hydrogens (tertiary/aromatic N) is 2. The van der Waals surface area contributed by atoms with Gasteiger partial charge in [0.25, 0.3) is 0 Å². The Morgan fingerprint density at radius 1 is 1.04 bits per heavy atom. The second kappa shape index (κ2) is 6.92. The molecule has 23 heavy (non-hydrogen) atoms. The van der Waals surface area contributed by atoms with E-state index in [4.69, 9.17) is 17.3 Å². The zero-order chi connectivity index (χ0) is 16.2. The van der Waals surface area contributed by atoms with Gasteiger partial charge >= 0.3 is 0 Å². The van der Waals surface area contributed by atoms with Gasteiger partial charge in [0.05, 0.1) is 6.42 Å². The van der Waals surface area contributed by atoms with Crippen molar-refractivity contribution in [2.45, 2.75) is 6.42 Å². The summed E-state index contributed by atoms with van der Waals surface area (Å²) in [7, 11) is 0. The Kier molecular flexibility index (Phi) is 4.72. The topological polar surface area (TPSA) is 49.6 Å². The standard InChI is InChI=1S/C18H20ClN3O/c19-15-4-6-17(7-5-15)21-8-10-22(11-9-21)18(23)13-14-2-1-3-16(20)12-14/h1-7,12H,8-11,13,20H2. The number of nitrogens with two attached hydrogens (primary N) is 1. The predicted octanol–water partition coefficient (Wildman–Crippen LogP) is 2.81. The van der Waals surface area contributed by atoms with Crippen molar-refractivity contribution >= 4 is 28.9 Å². The monoisotopic (exact) mass is 329 g/mol. The molecule has 1 saturated heterocycles. The van der Waals surface area contributed by atoms with Crippen LogP contribution in [-0.4, -0.2) is 37.0 Å². The van der Waals surface area contributed by atoms with E-state index in [9.17, 15) is 4.79 Å². The zero-order valence-electron chi connectivity index (χ0n) is 12.9. The number of nitrogen functional groups attached to an aromatic ring is 1. The molecule has 5 heteroatoms. The SMILES string of the molecule is Nc1cccc(CC(=O)N2CCN(c3ccc(Cl)cc3)CC2)c1. The molecule has 1 aliphatic heterocycles. The third-order valence-electron chi connectivity index (χ3n) is 4.13. The number of hydrogen-bond acceptors (Lipinski definition) is 3. The quantitative estimate of drug-likeness (QED) is 0.881. The summed E-state index contributed by atoms with van der Waals surface area (Å²) in [5, 5.41) is 0.740. The van der Waals surface area contributed by atoms with Crippen LogP contribution >= 0.6 is 11.6 Å². The summed E-state index contributed by atoms with van der Waals surface area (Å²) in [5.41, 5.74) is 8.58. The van der Waals surface area contributed by atoms with Crippen LogP contribution in [0.5, 0.6) is 0 Å². The number of benzene rings is 2. The first-order valence-corrected chi connectivity index (χ1v) is 8.12. The molecule has 2 aromatic carbocycles. The summed E-state index contributed by atoms with van der Waals surface area (Å²) in [6, 6.07) is 15.4. The van der Waals surface area contributed by atoms with Gasteiger partial charge in [0, 0.05) is 42.6 Å². The smallest absolute Gasteiger partial charge is 0.227 e. The lowest BCUT2D eigenvalue weighted by Crippen LogP contribution is -2.49. The predicted molar refractivity (Wildman–Crippen MR) is 94.8 cm³/mol. The number of hydrogen-bond donors (Lipinski definition) is 1. The van der Waals surface area contributed by atoms with Crippen molar-refractivity contribution in [1.29, 1.82) is 0 Å². The molecule has 1 fully saturated rings. The molecular weight excluding hydrogens is 310 g/mol. The molecule has 0 atom stereocenters. The summed E-state index contributed by atoms with van der Waals surface area (Å²) >= 11 is 5.92. The largest absolute Gasteiger partial charge is 0.399 e. The summed E-state index contributed by atoms with van der Waals surface area (Å²) in [5.74, 6) is 0.159. The number of piperazine rings is 1. The summed E-state index contributed by atoms with van der Waals surface area (Å²) in [6.07, 6.45) is 0.409. The Bertz CT molecular complexity index is 679. The van der Waals surface area contributed by atoms with Crippen LogP contribution in [-0.2, 0) is 11.2 Å². The highest BCUT2D eigenvalue weighted by atomic mass is 35.5. The van der Waals surface area contributed by atoms with Crippen molar-refractivity contribution in [1.82, 2.24) is 4.90 Å². The van der Waals surface area contributed by atoms with Gasteiger partial charge in [-0.25, -0.2) is 0 Å². The van der Waals surface area contributed by atoms with Gasteiger partial charge in [0.1, 0.15) is 0 Å². The molecule has 120 valence electrons. The van der Waals surface area contributed by atoms with Crippen LogP contribution in [0.3, 0.4) is 0 Å². The highest BCUT2D eigenvalue weighted by Crippen LogP contribution is 2.19. The molecular formula is C18H20ClN3O. The Morgan fingerprint density at radius 2 is 1.74 bits per heavy atom. The molecule has 3 rings (SSSR count). The summed E-state index contributed by atoms with van der Waals surface area (Å²) < 4.78 is 0. The molecule has 2 N–H and O–H groups in total. The highest BCUT2D eigenvalue weighted by molar-refractivity contribution is 6.30. The maximum absolute atomic E-state index is 12.4. The van der Waals surface area contributed by atoms with Crippen LogP contribution in [0.2, 0.25) is 5.02 Å². The van der Waals surface area contributed by atoms with Crippen LogP contribution in [0.25, 0.3) is 0 Å². The van der Waals surface area contributed by atoms with E-state index in [1.807, 2.05) is 53.4 Å². The minimum Gasteiger partial charge on any atom is -0.399 e. The van der Waals surface area contributed by atoms with Crippen molar-refractivity contribution in [3.05, 3.63) is 59.1 Å². The summed E-state index contributed by atoms with van der Waals surface area (Å²) in [6.45, 7) is 3.15. The van der Waals surface area contributed by atoms with Crippen molar-refractivity contribution in [3.8, 4) is 0 Å². The Morgan fingerprint density at radius 3 is 2.39 bits per heavy atom. The first-order chi connectivity index (χ1) is 11.1. The molecule has 4 nitrogen and oxygen atoms in total. The van der Waals surface area contributed by atoms with E-state index in [1.54, 1.807) is 0 Å². The minimum atomic E-state index is 0.159. The fourth-order valence-electron chi connectivity index (χ4n) is 2.86. The molecule has 0 spiro atoms. The summed E-state index contributed by atoms with van der Waals surface area (Å²) in [4.78, 5) is 16.6. The molecule has 0 aromatic heterocycles. The van der Waals surface area contributed by atoms with Gasteiger partial charge < -0.3 is 15.5 Å². The second-order valence-electron chi connectivity index (χ2n) is 5.77. The van der Waals surface area contributed by atoms with E-state index < -0.39 is 0 Å². The van der Waals surface area contributed by atoms with Crippen LogP contribution < -0.4 is 10.6 Å². The highest BCUT2D eigenvalue weighted by Gasteiger charge is 2.21. The van der Waals surface area contributed by atoms with Gasteiger partial charge in [-0.05, 0) is 42.0 Å². The molecule has 0 unspecified atom stereocenters. The van der Waals surface area contributed by atoms with Crippen molar-refractivity contribution in [2.75, 3.05) is 36.8 Å². The lowest BCUT2D eigenvalue weighted by molar-refractivity contribution is -0.130. The minimum absolute atomic E-state index is 0.159. The number of anilines is 2. The number of rotatable bonds is 3. The molecule has 1 amide bonds. The normalized spacial score (nSPS) is 14.8. The Hall–Kier alpha value is -2.20. The zero-order valence-corrected chi connectivity index (χ0v) is 13.7. The Labute approximate surface area is 141 Å². The first kappa shape index (κ1) is 15.7. The average molecular weight is 330 g/mol. The number of carbonyl (C=O) groups excluding carboxylic acids is 1. The van der Waals surface area contributed by atoms with E-state index in [0.29, 0.717) is 12.1 Å². The fourth-order valence-corrected chi connectivity index (χ4v) is 2.98.